The summed E-state index contributed by atoms with van der Waals surface area (Å²) in [5, 5.41) is 0. The largest absolute Gasteiger partial charge is 0.497 e. The Bertz CT molecular complexity index is 491. The van der Waals surface area contributed by atoms with E-state index < -0.39 is 6.04 Å². The summed E-state index contributed by atoms with van der Waals surface area (Å²) in [7, 11) is 1.64. The fourth-order valence-electron chi connectivity index (χ4n) is 2.46. The average Bonchev–Trinajstić information content (AvgIpc) is 2.55. The number of nitrogens with two attached hydrogens (primary N) is 1. The van der Waals surface area contributed by atoms with Gasteiger partial charge in [0.05, 0.1) is 13.2 Å². The Morgan fingerprint density at radius 2 is 1.91 bits per heavy atom. The first-order valence-corrected chi connectivity index (χ1v) is 7.63. The van der Waals surface area contributed by atoms with Crippen LogP contribution >= 0.6 is 12.4 Å². The summed E-state index contributed by atoms with van der Waals surface area (Å²) in [5.74, 6) is 1.64. The van der Waals surface area contributed by atoms with Crippen molar-refractivity contribution in [3.63, 3.8) is 0 Å². The molecule has 1 saturated heterocycles. The number of benzene rings is 1. The standard InChI is InChI=1S/C16H25N3O3.ClH/c1-13(17)16(20)19-8-6-18(7-9-19)10-11-22-15-5-3-4-14(12-15)21-2;/h3-5,12-13H,6-11,17H2,1-2H3;1H/t13-;/m1./s1. The van der Waals surface area contributed by atoms with E-state index in [1.165, 1.54) is 0 Å². The fourth-order valence-corrected chi connectivity index (χ4v) is 2.46. The second kappa shape index (κ2) is 9.60. The number of carbonyl (C=O) groups excluding carboxylic acids is 1. The lowest BCUT2D eigenvalue weighted by molar-refractivity contribution is -0.133. The van der Waals surface area contributed by atoms with Crippen molar-refractivity contribution in [2.75, 3.05) is 46.4 Å². The monoisotopic (exact) mass is 343 g/mol. The van der Waals surface area contributed by atoms with Crippen LogP contribution in [-0.4, -0.2) is 68.2 Å². The minimum absolute atomic E-state index is 0. The summed E-state index contributed by atoms with van der Waals surface area (Å²) in [5.41, 5.74) is 5.63. The number of rotatable bonds is 6. The van der Waals surface area contributed by atoms with Crippen LogP contribution in [0.3, 0.4) is 0 Å². The number of hydrogen-bond donors (Lipinski definition) is 1. The first kappa shape index (κ1) is 19.5. The quantitative estimate of drug-likeness (QED) is 0.834. The number of nitrogens with zero attached hydrogens (tertiary/aromatic N) is 2. The summed E-state index contributed by atoms with van der Waals surface area (Å²) in [6.45, 7) is 6.39. The van der Waals surface area contributed by atoms with E-state index in [2.05, 4.69) is 4.90 Å². The minimum Gasteiger partial charge on any atom is -0.497 e. The van der Waals surface area contributed by atoms with Crippen LogP contribution < -0.4 is 15.2 Å². The highest BCUT2D eigenvalue weighted by Crippen LogP contribution is 2.18. The van der Waals surface area contributed by atoms with Gasteiger partial charge in [0.25, 0.3) is 0 Å². The fraction of sp³-hybridized carbons (Fsp3) is 0.562. The van der Waals surface area contributed by atoms with Crippen molar-refractivity contribution in [1.29, 1.82) is 0 Å². The van der Waals surface area contributed by atoms with E-state index in [0.717, 1.165) is 44.2 Å². The molecular formula is C16H26ClN3O3. The van der Waals surface area contributed by atoms with Crippen LogP contribution in [0.2, 0.25) is 0 Å². The number of ether oxygens (including phenoxy) is 2. The van der Waals surface area contributed by atoms with E-state index in [-0.39, 0.29) is 18.3 Å². The maximum atomic E-state index is 11.8. The SMILES string of the molecule is COc1cccc(OCCN2CCN(C(=O)[C@@H](C)N)CC2)c1.Cl. The average molecular weight is 344 g/mol. The number of piperazine rings is 1. The molecule has 0 saturated carbocycles. The van der Waals surface area contributed by atoms with Crippen LogP contribution in [0.1, 0.15) is 6.92 Å². The van der Waals surface area contributed by atoms with E-state index in [1.807, 2.05) is 29.2 Å². The summed E-state index contributed by atoms with van der Waals surface area (Å²) < 4.78 is 10.9. The van der Waals surface area contributed by atoms with Gasteiger partial charge in [-0.25, -0.2) is 0 Å². The van der Waals surface area contributed by atoms with Crippen molar-refractivity contribution >= 4 is 18.3 Å². The Labute approximate surface area is 143 Å². The number of methoxy groups -OCH3 is 1. The van der Waals surface area contributed by atoms with Crippen LogP contribution in [0.4, 0.5) is 0 Å². The van der Waals surface area contributed by atoms with Crippen molar-refractivity contribution in [2.45, 2.75) is 13.0 Å². The van der Waals surface area contributed by atoms with E-state index in [4.69, 9.17) is 15.2 Å². The van der Waals surface area contributed by atoms with Crippen molar-refractivity contribution in [2.24, 2.45) is 5.73 Å². The van der Waals surface area contributed by atoms with Crippen molar-refractivity contribution < 1.29 is 14.3 Å². The molecule has 2 rings (SSSR count). The summed E-state index contributed by atoms with van der Waals surface area (Å²) in [6.07, 6.45) is 0. The third-order valence-electron chi connectivity index (χ3n) is 3.79. The Morgan fingerprint density at radius 1 is 1.26 bits per heavy atom. The molecular weight excluding hydrogens is 318 g/mol. The first-order valence-electron chi connectivity index (χ1n) is 7.63. The highest BCUT2D eigenvalue weighted by Gasteiger charge is 2.22. The topological polar surface area (TPSA) is 68.0 Å². The number of amides is 1. The molecule has 1 aliphatic rings. The molecule has 0 spiro atoms. The second-order valence-corrected chi connectivity index (χ2v) is 5.48. The maximum absolute atomic E-state index is 11.8. The van der Waals surface area contributed by atoms with Gasteiger partial charge in [-0.1, -0.05) is 6.07 Å². The van der Waals surface area contributed by atoms with Gasteiger partial charge in [0.1, 0.15) is 18.1 Å². The zero-order valence-electron chi connectivity index (χ0n) is 13.7. The Morgan fingerprint density at radius 3 is 2.52 bits per heavy atom. The van der Waals surface area contributed by atoms with Crippen LogP contribution in [0, 0.1) is 0 Å². The molecule has 6 nitrogen and oxygen atoms in total. The Hall–Kier alpha value is -1.50. The molecule has 2 N–H and O–H groups in total. The molecule has 130 valence electrons. The van der Waals surface area contributed by atoms with Crippen LogP contribution in [0.25, 0.3) is 0 Å². The van der Waals surface area contributed by atoms with E-state index in [9.17, 15) is 4.79 Å². The van der Waals surface area contributed by atoms with Crippen LogP contribution in [-0.2, 0) is 4.79 Å². The summed E-state index contributed by atoms with van der Waals surface area (Å²) in [4.78, 5) is 15.9. The normalized spacial score (nSPS) is 16.4. The molecule has 0 radical (unpaired) electrons. The molecule has 0 bridgehead atoms. The molecule has 7 heteroatoms. The predicted molar refractivity (Wildman–Crippen MR) is 92.4 cm³/mol. The van der Waals surface area contributed by atoms with Crippen molar-refractivity contribution in [3.8, 4) is 11.5 Å². The molecule has 1 aromatic rings. The Balaban J connectivity index is 0.00000264. The smallest absolute Gasteiger partial charge is 0.239 e. The molecule has 0 unspecified atom stereocenters. The van der Waals surface area contributed by atoms with Gasteiger partial charge in [0.15, 0.2) is 0 Å². The Kier molecular flexibility index (Phi) is 8.16. The lowest BCUT2D eigenvalue weighted by atomic mass is 10.2. The number of hydrogen-bond acceptors (Lipinski definition) is 5. The molecule has 0 aromatic heterocycles. The minimum atomic E-state index is -0.414. The van der Waals surface area contributed by atoms with Crippen LogP contribution in [0.5, 0.6) is 11.5 Å². The van der Waals surface area contributed by atoms with Gasteiger partial charge >= 0.3 is 0 Å². The molecule has 1 fully saturated rings. The first-order chi connectivity index (χ1) is 10.6. The highest BCUT2D eigenvalue weighted by atomic mass is 35.5. The summed E-state index contributed by atoms with van der Waals surface area (Å²) >= 11 is 0. The molecule has 1 aliphatic heterocycles. The highest BCUT2D eigenvalue weighted by molar-refractivity contribution is 5.85. The maximum Gasteiger partial charge on any atom is 0.239 e. The second-order valence-electron chi connectivity index (χ2n) is 5.48. The van der Waals surface area contributed by atoms with Crippen LogP contribution in [0.15, 0.2) is 24.3 Å². The molecule has 23 heavy (non-hydrogen) atoms. The number of halogens is 1. The van der Waals surface area contributed by atoms with Gasteiger partial charge in [0.2, 0.25) is 5.91 Å². The van der Waals surface area contributed by atoms with Gasteiger partial charge in [-0.3, -0.25) is 9.69 Å². The molecule has 1 aromatic carbocycles. The molecule has 0 aliphatic carbocycles. The third-order valence-corrected chi connectivity index (χ3v) is 3.79. The zero-order valence-corrected chi connectivity index (χ0v) is 14.6. The number of carbonyl (C=O) groups is 1. The van der Waals surface area contributed by atoms with Gasteiger partial charge in [-0.05, 0) is 19.1 Å². The van der Waals surface area contributed by atoms with E-state index in [1.54, 1.807) is 14.0 Å². The van der Waals surface area contributed by atoms with Crippen molar-refractivity contribution in [1.82, 2.24) is 9.80 Å². The summed E-state index contributed by atoms with van der Waals surface area (Å²) in [6, 6.07) is 7.18. The predicted octanol–water partition coefficient (Wildman–Crippen LogP) is 0.987. The molecule has 1 atom stereocenters. The van der Waals surface area contributed by atoms with Gasteiger partial charge < -0.3 is 20.1 Å². The van der Waals surface area contributed by atoms with E-state index in [0.29, 0.717) is 6.61 Å². The third kappa shape index (κ3) is 5.89. The van der Waals surface area contributed by atoms with Crippen molar-refractivity contribution in [3.05, 3.63) is 24.3 Å². The molecule has 1 heterocycles. The van der Waals surface area contributed by atoms with E-state index >= 15 is 0 Å². The van der Waals surface area contributed by atoms with Gasteiger partial charge in [-0.15, -0.1) is 12.4 Å². The lowest BCUT2D eigenvalue weighted by Crippen LogP contribution is -2.53. The lowest BCUT2D eigenvalue weighted by Gasteiger charge is -2.35. The molecule has 1 amide bonds. The zero-order chi connectivity index (χ0) is 15.9. The van der Waals surface area contributed by atoms with Gasteiger partial charge in [-0.2, -0.15) is 0 Å². The van der Waals surface area contributed by atoms with Gasteiger partial charge in [0, 0.05) is 38.8 Å².